The highest BCUT2D eigenvalue weighted by molar-refractivity contribution is 8.00. The van der Waals surface area contributed by atoms with Gasteiger partial charge in [0, 0.05) is 21.5 Å². The first-order valence-electron chi connectivity index (χ1n) is 5.02. The van der Waals surface area contributed by atoms with Crippen LogP contribution in [0.4, 0.5) is 5.69 Å². The van der Waals surface area contributed by atoms with Gasteiger partial charge in [0.15, 0.2) is 0 Å². The minimum absolute atomic E-state index is 0.0608. The Morgan fingerprint density at radius 1 is 1.41 bits per heavy atom. The number of hydrogen-bond donors (Lipinski definition) is 2. The van der Waals surface area contributed by atoms with Crippen molar-refractivity contribution in [2.24, 2.45) is 0 Å². The maximum Gasteiger partial charge on any atom is 0.237 e. The number of thioether (sulfide) groups is 1. The Kier molecular flexibility index (Phi) is 6.12. The van der Waals surface area contributed by atoms with Gasteiger partial charge in [-0.1, -0.05) is 23.2 Å². The van der Waals surface area contributed by atoms with E-state index in [-0.39, 0.29) is 17.8 Å². The molecule has 0 spiro atoms. The molecular weight excluding hydrogens is 281 g/mol. The summed E-state index contributed by atoms with van der Waals surface area (Å²) in [5.74, 6) is 0.395. The molecule has 0 saturated heterocycles. The lowest BCUT2D eigenvalue weighted by molar-refractivity contribution is -0.115. The van der Waals surface area contributed by atoms with Gasteiger partial charge in [0.05, 0.1) is 11.9 Å². The lowest BCUT2D eigenvalue weighted by Gasteiger charge is -2.11. The van der Waals surface area contributed by atoms with Gasteiger partial charge in [0.1, 0.15) is 0 Å². The number of rotatable bonds is 5. The normalized spacial score (nSPS) is 12.2. The van der Waals surface area contributed by atoms with Gasteiger partial charge in [-0.3, -0.25) is 4.79 Å². The topological polar surface area (TPSA) is 49.3 Å². The van der Waals surface area contributed by atoms with Crippen LogP contribution in [-0.2, 0) is 4.79 Å². The molecule has 17 heavy (non-hydrogen) atoms. The number of carbonyl (C=O) groups excluding carboxylic acids is 1. The van der Waals surface area contributed by atoms with Crippen molar-refractivity contribution >= 4 is 46.6 Å². The van der Waals surface area contributed by atoms with E-state index in [0.717, 1.165) is 0 Å². The molecule has 0 aliphatic carbocycles. The van der Waals surface area contributed by atoms with E-state index < -0.39 is 0 Å². The third-order valence-electron chi connectivity index (χ3n) is 1.96. The summed E-state index contributed by atoms with van der Waals surface area (Å²) in [6.45, 7) is 1.84. The summed E-state index contributed by atoms with van der Waals surface area (Å²) in [7, 11) is 0. The van der Waals surface area contributed by atoms with Crippen LogP contribution in [0.3, 0.4) is 0 Å². The molecule has 1 rings (SSSR count). The first-order chi connectivity index (χ1) is 8.02. The fraction of sp³-hybridized carbons (Fsp3) is 0.364. The van der Waals surface area contributed by atoms with E-state index >= 15 is 0 Å². The number of anilines is 1. The molecule has 2 N–H and O–H groups in total. The van der Waals surface area contributed by atoms with Crippen LogP contribution in [0.25, 0.3) is 0 Å². The number of hydrogen-bond acceptors (Lipinski definition) is 3. The Morgan fingerprint density at radius 3 is 2.53 bits per heavy atom. The molecule has 0 aromatic heterocycles. The molecule has 0 radical (unpaired) electrons. The maximum atomic E-state index is 11.7. The molecule has 0 aliphatic heterocycles. The minimum atomic E-state index is -0.236. The van der Waals surface area contributed by atoms with Gasteiger partial charge < -0.3 is 10.4 Å². The Labute approximate surface area is 114 Å². The summed E-state index contributed by atoms with van der Waals surface area (Å²) in [5.41, 5.74) is 0.573. The number of aliphatic hydroxyl groups is 1. The third kappa shape index (κ3) is 5.17. The van der Waals surface area contributed by atoms with Crippen LogP contribution in [0.2, 0.25) is 10.0 Å². The van der Waals surface area contributed by atoms with Crippen molar-refractivity contribution in [3.8, 4) is 0 Å². The van der Waals surface area contributed by atoms with E-state index in [1.807, 2.05) is 0 Å². The van der Waals surface area contributed by atoms with Crippen molar-refractivity contribution in [1.29, 1.82) is 0 Å². The summed E-state index contributed by atoms with van der Waals surface area (Å²) in [4.78, 5) is 11.7. The minimum Gasteiger partial charge on any atom is -0.396 e. The van der Waals surface area contributed by atoms with Gasteiger partial charge in [-0.05, 0) is 25.1 Å². The van der Waals surface area contributed by atoms with Crippen LogP contribution in [0.15, 0.2) is 18.2 Å². The van der Waals surface area contributed by atoms with Crippen molar-refractivity contribution in [3.05, 3.63) is 28.2 Å². The maximum absolute atomic E-state index is 11.7. The van der Waals surface area contributed by atoms with E-state index in [1.165, 1.54) is 11.8 Å². The summed E-state index contributed by atoms with van der Waals surface area (Å²) in [5, 5.41) is 12.1. The van der Waals surface area contributed by atoms with Crippen molar-refractivity contribution in [2.75, 3.05) is 17.7 Å². The Balaban J connectivity index is 2.61. The first kappa shape index (κ1) is 14.6. The van der Waals surface area contributed by atoms with Crippen LogP contribution in [0, 0.1) is 0 Å². The number of amides is 1. The second kappa shape index (κ2) is 7.11. The molecule has 1 amide bonds. The zero-order chi connectivity index (χ0) is 12.8. The number of benzene rings is 1. The first-order valence-corrected chi connectivity index (χ1v) is 6.83. The van der Waals surface area contributed by atoms with Crippen molar-refractivity contribution < 1.29 is 9.90 Å². The van der Waals surface area contributed by atoms with Crippen molar-refractivity contribution in [2.45, 2.75) is 12.2 Å². The van der Waals surface area contributed by atoms with Gasteiger partial charge >= 0.3 is 0 Å². The van der Waals surface area contributed by atoms with Gasteiger partial charge in [-0.2, -0.15) is 0 Å². The van der Waals surface area contributed by atoms with Crippen LogP contribution >= 0.6 is 35.0 Å². The fourth-order valence-corrected chi connectivity index (χ4v) is 2.37. The summed E-state index contributed by atoms with van der Waals surface area (Å²) >= 11 is 13.0. The number of aliphatic hydroxyl groups excluding tert-OH is 1. The molecule has 1 aromatic carbocycles. The number of carbonyl (C=O) groups is 1. The Bertz CT molecular complexity index is 381. The van der Waals surface area contributed by atoms with E-state index in [1.54, 1.807) is 25.1 Å². The number of halogens is 2. The Hall–Kier alpha value is -0.420. The third-order valence-corrected chi connectivity index (χ3v) is 3.53. The standard InChI is InChI=1S/C11H13Cl2NO2S/c1-7(17-3-2-15)11(16)14-10-5-8(12)4-9(13)6-10/h4-7,15H,2-3H2,1H3,(H,14,16). The van der Waals surface area contributed by atoms with Crippen LogP contribution < -0.4 is 5.32 Å². The number of nitrogens with one attached hydrogen (secondary N) is 1. The predicted molar refractivity (Wildman–Crippen MR) is 74.1 cm³/mol. The summed E-state index contributed by atoms with van der Waals surface area (Å²) in [6, 6.07) is 4.87. The molecule has 0 aliphatic rings. The largest absolute Gasteiger partial charge is 0.396 e. The molecule has 1 aromatic rings. The highest BCUT2D eigenvalue weighted by atomic mass is 35.5. The molecular formula is C11H13Cl2NO2S. The second-order valence-corrected chi connectivity index (χ2v) is 5.71. The molecule has 0 bridgehead atoms. The molecule has 0 saturated carbocycles. The quantitative estimate of drug-likeness (QED) is 0.877. The van der Waals surface area contributed by atoms with E-state index in [0.29, 0.717) is 21.5 Å². The highest BCUT2D eigenvalue weighted by Crippen LogP contribution is 2.23. The molecule has 0 fully saturated rings. The smallest absolute Gasteiger partial charge is 0.237 e. The second-order valence-electron chi connectivity index (χ2n) is 3.38. The zero-order valence-electron chi connectivity index (χ0n) is 9.24. The molecule has 1 unspecified atom stereocenters. The Morgan fingerprint density at radius 2 is 2.00 bits per heavy atom. The lowest BCUT2D eigenvalue weighted by atomic mass is 10.3. The SMILES string of the molecule is CC(SCCO)C(=O)Nc1cc(Cl)cc(Cl)c1. The molecule has 1 atom stereocenters. The summed E-state index contributed by atoms with van der Waals surface area (Å²) < 4.78 is 0. The summed E-state index contributed by atoms with van der Waals surface area (Å²) in [6.07, 6.45) is 0. The van der Waals surface area contributed by atoms with E-state index in [9.17, 15) is 4.79 Å². The van der Waals surface area contributed by atoms with Gasteiger partial charge in [0.2, 0.25) is 5.91 Å². The van der Waals surface area contributed by atoms with Crippen LogP contribution in [0.1, 0.15) is 6.92 Å². The monoisotopic (exact) mass is 293 g/mol. The molecule has 3 nitrogen and oxygen atoms in total. The molecule has 0 heterocycles. The average molecular weight is 294 g/mol. The van der Waals surface area contributed by atoms with Gasteiger partial charge in [0.25, 0.3) is 0 Å². The van der Waals surface area contributed by atoms with Crippen LogP contribution in [0.5, 0.6) is 0 Å². The van der Waals surface area contributed by atoms with Crippen molar-refractivity contribution in [1.82, 2.24) is 0 Å². The molecule has 6 heteroatoms. The van der Waals surface area contributed by atoms with Gasteiger partial charge in [-0.15, -0.1) is 11.8 Å². The highest BCUT2D eigenvalue weighted by Gasteiger charge is 2.13. The molecule has 94 valence electrons. The van der Waals surface area contributed by atoms with Gasteiger partial charge in [-0.25, -0.2) is 0 Å². The zero-order valence-corrected chi connectivity index (χ0v) is 11.6. The fourth-order valence-electron chi connectivity index (χ4n) is 1.18. The average Bonchev–Trinajstić information content (AvgIpc) is 2.24. The van der Waals surface area contributed by atoms with Crippen molar-refractivity contribution in [3.63, 3.8) is 0 Å². The lowest BCUT2D eigenvalue weighted by Crippen LogP contribution is -2.23. The van der Waals surface area contributed by atoms with Crippen LogP contribution in [-0.4, -0.2) is 28.6 Å². The predicted octanol–water partition coefficient (Wildman–Crippen LogP) is 3.05. The van der Waals surface area contributed by atoms with E-state index in [2.05, 4.69) is 5.32 Å². The van der Waals surface area contributed by atoms with E-state index in [4.69, 9.17) is 28.3 Å².